The molecule has 0 radical (unpaired) electrons. The van der Waals surface area contributed by atoms with Crippen LogP contribution < -0.4 is 4.74 Å². The van der Waals surface area contributed by atoms with Gasteiger partial charge in [0, 0.05) is 17.3 Å². The molecule has 7 nitrogen and oxygen atoms in total. The molecule has 1 heterocycles. The molecule has 0 saturated carbocycles. The Bertz CT molecular complexity index is 910. The Morgan fingerprint density at radius 2 is 1.82 bits per heavy atom. The number of esters is 2. The highest BCUT2D eigenvalue weighted by molar-refractivity contribution is 6.03. The number of Topliss-reactive ketones (excluding diaryl/α,β-unsaturated/α-hetero) is 1. The minimum Gasteiger partial charge on any atom is -0.496 e. The Morgan fingerprint density at radius 3 is 2.50 bits per heavy atom. The van der Waals surface area contributed by atoms with Crippen molar-refractivity contribution in [3.63, 3.8) is 0 Å². The molecule has 0 bridgehead atoms. The number of benzene rings is 1. The number of hydrogen-bond donors (Lipinski definition) is 1. The first-order valence-corrected chi connectivity index (χ1v) is 8.76. The van der Waals surface area contributed by atoms with Crippen LogP contribution in [0.5, 0.6) is 5.75 Å². The molecule has 1 aromatic carbocycles. The average Bonchev–Trinajstić information content (AvgIpc) is 2.99. The van der Waals surface area contributed by atoms with Crippen molar-refractivity contribution in [3.8, 4) is 5.75 Å². The number of hydrogen-bond acceptors (Lipinski definition) is 6. The van der Waals surface area contributed by atoms with E-state index < -0.39 is 24.3 Å². The second-order valence-electron chi connectivity index (χ2n) is 5.95. The smallest absolute Gasteiger partial charge is 0.340 e. The molecule has 1 N–H and O–H groups in total. The SMILES string of the molecule is CCOC(=O)c1c(C)[nH]c(C(=O)COC(=O)C=Cc2ccccc2OC)c1C. The molecule has 2 aromatic rings. The van der Waals surface area contributed by atoms with Crippen LogP contribution in [-0.2, 0) is 14.3 Å². The molecule has 1 aromatic heterocycles. The van der Waals surface area contributed by atoms with Gasteiger partial charge in [-0.15, -0.1) is 0 Å². The number of carbonyl (C=O) groups is 3. The van der Waals surface area contributed by atoms with Crippen LogP contribution in [-0.4, -0.2) is 43.0 Å². The van der Waals surface area contributed by atoms with Crippen molar-refractivity contribution >= 4 is 23.8 Å². The van der Waals surface area contributed by atoms with E-state index in [1.165, 1.54) is 13.2 Å². The zero-order valence-corrected chi connectivity index (χ0v) is 16.3. The predicted molar refractivity (Wildman–Crippen MR) is 104 cm³/mol. The molecular formula is C21H23NO6. The van der Waals surface area contributed by atoms with Gasteiger partial charge < -0.3 is 19.2 Å². The monoisotopic (exact) mass is 385 g/mol. The number of aryl methyl sites for hydroxylation is 1. The summed E-state index contributed by atoms with van der Waals surface area (Å²) >= 11 is 0. The van der Waals surface area contributed by atoms with E-state index in [1.807, 2.05) is 12.1 Å². The highest BCUT2D eigenvalue weighted by Crippen LogP contribution is 2.20. The van der Waals surface area contributed by atoms with Crippen LogP contribution in [0.4, 0.5) is 0 Å². The standard InChI is InChI=1S/C21H23NO6/c1-5-27-21(25)19-13(2)20(22-14(19)3)16(23)12-28-18(24)11-10-15-8-6-7-9-17(15)26-4/h6-11,22H,5,12H2,1-4H3. The summed E-state index contributed by atoms with van der Waals surface area (Å²) in [7, 11) is 1.54. The van der Waals surface area contributed by atoms with E-state index in [0.29, 0.717) is 28.1 Å². The number of methoxy groups -OCH3 is 1. The molecule has 0 atom stereocenters. The van der Waals surface area contributed by atoms with Gasteiger partial charge in [-0.3, -0.25) is 4.79 Å². The van der Waals surface area contributed by atoms with Crippen LogP contribution in [0.2, 0.25) is 0 Å². The van der Waals surface area contributed by atoms with Crippen molar-refractivity contribution in [2.75, 3.05) is 20.3 Å². The number of aromatic amines is 1. The third-order valence-corrected chi connectivity index (χ3v) is 4.08. The van der Waals surface area contributed by atoms with E-state index in [9.17, 15) is 14.4 Å². The highest BCUT2D eigenvalue weighted by atomic mass is 16.5. The number of aromatic nitrogens is 1. The molecule has 0 saturated heterocycles. The Kier molecular flexibility index (Phi) is 7.14. The van der Waals surface area contributed by atoms with Crippen LogP contribution in [0.1, 0.15) is 44.6 Å². The minimum atomic E-state index is -0.661. The maximum Gasteiger partial charge on any atom is 0.340 e. The molecule has 0 amide bonds. The van der Waals surface area contributed by atoms with Crippen molar-refractivity contribution < 1.29 is 28.6 Å². The summed E-state index contributed by atoms with van der Waals surface area (Å²) in [5, 5.41) is 0. The van der Waals surface area contributed by atoms with Crippen molar-refractivity contribution in [2.24, 2.45) is 0 Å². The summed E-state index contributed by atoms with van der Waals surface area (Å²) in [6.45, 7) is 4.82. The van der Waals surface area contributed by atoms with Crippen molar-refractivity contribution in [1.82, 2.24) is 4.98 Å². The summed E-state index contributed by atoms with van der Waals surface area (Å²) in [4.78, 5) is 39.2. The Morgan fingerprint density at radius 1 is 1.11 bits per heavy atom. The number of para-hydroxylation sites is 1. The number of nitrogens with one attached hydrogen (secondary N) is 1. The van der Waals surface area contributed by atoms with Crippen LogP contribution in [0.15, 0.2) is 30.3 Å². The molecule has 7 heteroatoms. The zero-order chi connectivity index (χ0) is 20.7. The van der Waals surface area contributed by atoms with Crippen LogP contribution in [0.3, 0.4) is 0 Å². The van der Waals surface area contributed by atoms with Crippen LogP contribution in [0.25, 0.3) is 6.08 Å². The first kappa shape index (κ1) is 21.0. The Labute approximate surface area is 163 Å². The van der Waals surface area contributed by atoms with Gasteiger partial charge in [-0.25, -0.2) is 9.59 Å². The number of ether oxygens (including phenoxy) is 3. The van der Waals surface area contributed by atoms with Gasteiger partial charge in [0.1, 0.15) is 5.75 Å². The third kappa shape index (κ3) is 4.88. The Hall–Kier alpha value is -3.35. The number of carbonyl (C=O) groups excluding carboxylic acids is 3. The van der Waals surface area contributed by atoms with Crippen LogP contribution >= 0.6 is 0 Å². The van der Waals surface area contributed by atoms with Crippen molar-refractivity contribution in [2.45, 2.75) is 20.8 Å². The summed E-state index contributed by atoms with van der Waals surface area (Å²) in [5.41, 5.74) is 2.26. The lowest BCUT2D eigenvalue weighted by Gasteiger charge is -2.04. The Balaban J connectivity index is 2.02. The summed E-state index contributed by atoms with van der Waals surface area (Å²) in [5.74, 6) is -0.975. The lowest BCUT2D eigenvalue weighted by Crippen LogP contribution is -2.14. The lowest BCUT2D eigenvalue weighted by molar-refractivity contribution is -0.136. The summed E-state index contributed by atoms with van der Waals surface area (Å²) in [6, 6.07) is 7.19. The second kappa shape index (κ2) is 9.55. The molecule has 148 valence electrons. The van der Waals surface area contributed by atoms with Gasteiger partial charge in [0.25, 0.3) is 0 Å². The molecule has 28 heavy (non-hydrogen) atoms. The van der Waals surface area contributed by atoms with Gasteiger partial charge in [0.15, 0.2) is 6.61 Å². The third-order valence-electron chi connectivity index (χ3n) is 4.08. The normalized spacial score (nSPS) is 10.7. The van der Waals surface area contributed by atoms with Gasteiger partial charge in [-0.1, -0.05) is 18.2 Å². The molecule has 0 aliphatic rings. The lowest BCUT2D eigenvalue weighted by atomic mass is 10.1. The molecule has 0 fully saturated rings. The van der Waals surface area contributed by atoms with E-state index in [1.54, 1.807) is 39.0 Å². The fourth-order valence-corrected chi connectivity index (χ4v) is 2.76. The largest absolute Gasteiger partial charge is 0.496 e. The maximum atomic E-state index is 12.4. The molecular weight excluding hydrogens is 362 g/mol. The molecule has 0 spiro atoms. The summed E-state index contributed by atoms with van der Waals surface area (Å²) in [6.07, 6.45) is 2.77. The molecule has 0 aliphatic heterocycles. The average molecular weight is 385 g/mol. The van der Waals surface area contributed by atoms with Gasteiger partial charge in [-0.2, -0.15) is 0 Å². The van der Waals surface area contributed by atoms with E-state index in [-0.39, 0.29) is 12.3 Å². The van der Waals surface area contributed by atoms with Gasteiger partial charge in [-0.05, 0) is 38.5 Å². The first-order chi connectivity index (χ1) is 13.4. The minimum absolute atomic E-state index is 0.224. The van der Waals surface area contributed by atoms with Crippen molar-refractivity contribution in [1.29, 1.82) is 0 Å². The topological polar surface area (TPSA) is 94.7 Å². The second-order valence-corrected chi connectivity index (χ2v) is 5.95. The zero-order valence-electron chi connectivity index (χ0n) is 16.3. The molecule has 0 unspecified atom stereocenters. The maximum absolute atomic E-state index is 12.4. The predicted octanol–water partition coefficient (Wildman–Crippen LogP) is 3.26. The number of rotatable bonds is 8. The van der Waals surface area contributed by atoms with Crippen molar-refractivity contribution in [3.05, 3.63) is 58.4 Å². The summed E-state index contributed by atoms with van der Waals surface area (Å²) < 4.78 is 15.2. The first-order valence-electron chi connectivity index (χ1n) is 8.76. The highest BCUT2D eigenvalue weighted by Gasteiger charge is 2.23. The van der Waals surface area contributed by atoms with E-state index in [4.69, 9.17) is 14.2 Å². The molecule has 0 aliphatic carbocycles. The fraction of sp³-hybridized carbons (Fsp3) is 0.286. The fourth-order valence-electron chi connectivity index (χ4n) is 2.76. The van der Waals surface area contributed by atoms with E-state index >= 15 is 0 Å². The van der Waals surface area contributed by atoms with Gasteiger partial charge in [0.05, 0.1) is 25.0 Å². The number of H-pyrrole nitrogens is 1. The number of ketones is 1. The quantitative estimate of drug-likeness (QED) is 0.426. The molecule has 2 rings (SSSR count). The van der Waals surface area contributed by atoms with Gasteiger partial charge >= 0.3 is 11.9 Å². The van der Waals surface area contributed by atoms with E-state index in [0.717, 1.165) is 0 Å². The van der Waals surface area contributed by atoms with Gasteiger partial charge in [0.2, 0.25) is 5.78 Å². The van der Waals surface area contributed by atoms with E-state index in [2.05, 4.69) is 4.98 Å². The van der Waals surface area contributed by atoms with Crippen LogP contribution in [0, 0.1) is 13.8 Å².